The molecule has 0 spiro atoms. The van der Waals surface area contributed by atoms with Gasteiger partial charge in [-0.15, -0.1) is 0 Å². The highest BCUT2D eigenvalue weighted by molar-refractivity contribution is 5.99. The number of carbonyl (C=O) groups excluding carboxylic acids is 2. The van der Waals surface area contributed by atoms with Crippen molar-refractivity contribution in [2.45, 2.75) is 38.6 Å². The Balaban J connectivity index is 1.77. The van der Waals surface area contributed by atoms with Gasteiger partial charge in [-0.25, -0.2) is 4.79 Å². The maximum atomic E-state index is 12.6. The normalized spacial score (nSPS) is 25.4. The fourth-order valence-corrected chi connectivity index (χ4v) is 4.39. The highest BCUT2D eigenvalue weighted by Crippen LogP contribution is 2.49. The molecule has 0 heterocycles. The number of hydrogen-bond acceptors (Lipinski definition) is 5. The quantitative estimate of drug-likeness (QED) is 0.502. The summed E-state index contributed by atoms with van der Waals surface area (Å²) < 4.78 is 4.61. The van der Waals surface area contributed by atoms with Crippen LogP contribution in [0.4, 0.5) is 5.69 Å². The smallest absolute Gasteiger partial charge is 0.338 e. The molecule has 2 aliphatic rings. The molecule has 1 aromatic carbocycles. The van der Waals surface area contributed by atoms with Gasteiger partial charge in [0.25, 0.3) is 11.6 Å². The summed E-state index contributed by atoms with van der Waals surface area (Å²) in [6.07, 6.45) is 4.89. The van der Waals surface area contributed by atoms with Crippen LogP contribution < -0.4 is 5.32 Å². The minimum absolute atomic E-state index is 0.00337. The van der Waals surface area contributed by atoms with Crippen LogP contribution in [0.5, 0.6) is 0 Å². The Hall–Kier alpha value is -2.44. The van der Waals surface area contributed by atoms with Crippen molar-refractivity contribution in [1.82, 2.24) is 5.32 Å². The molecule has 0 unspecified atom stereocenters. The molecule has 0 radical (unpaired) electrons. The van der Waals surface area contributed by atoms with E-state index in [1.54, 1.807) is 0 Å². The molecule has 2 aliphatic carbocycles. The van der Waals surface area contributed by atoms with Gasteiger partial charge in [0.2, 0.25) is 0 Å². The number of amides is 1. The average Bonchev–Trinajstić information content (AvgIpc) is 3.23. The molecular weight excluding hydrogens is 324 g/mol. The van der Waals surface area contributed by atoms with Crippen molar-refractivity contribution in [3.8, 4) is 0 Å². The second kappa shape index (κ2) is 6.82. The van der Waals surface area contributed by atoms with Crippen molar-refractivity contribution in [3.05, 3.63) is 39.4 Å². The Labute approximate surface area is 145 Å². The topological polar surface area (TPSA) is 98.5 Å². The second-order valence-electron chi connectivity index (χ2n) is 7.12. The van der Waals surface area contributed by atoms with Gasteiger partial charge in [0, 0.05) is 23.7 Å². The van der Waals surface area contributed by atoms with Crippen LogP contribution in [-0.2, 0) is 4.74 Å². The molecule has 0 saturated heterocycles. The highest BCUT2D eigenvalue weighted by atomic mass is 16.6. The number of nitro groups is 1. The summed E-state index contributed by atoms with van der Waals surface area (Å²) in [7, 11) is 1.19. The first-order valence-electron chi connectivity index (χ1n) is 8.57. The zero-order chi connectivity index (χ0) is 18.1. The number of benzene rings is 1. The summed E-state index contributed by atoms with van der Waals surface area (Å²) >= 11 is 0. The van der Waals surface area contributed by atoms with E-state index in [4.69, 9.17) is 0 Å². The summed E-state index contributed by atoms with van der Waals surface area (Å²) in [5, 5.41) is 14.0. The van der Waals surface area contributed by atoms with E-state index in [-0.39, 0.29) is 22.9 Å². The largest absolute Gasteiger partial charge is 0.465 e. The van der Waals surface area contributed by atoms with Gasteiger partial charge in [-0.1, -0.05) is 6.42 Å². The lowest BCUT2D eigenvalue weighted by Crippen LogP contribution is -2.40. The molecule has 7 heteroatoms. The minimum Gasteiger partial charge on any atom is -0.465 e. The van der Waals surface area contributed by atoms with E-state index in [2.05, 4.69) is 10.1 Å². The second-order valence-corrected chi connectivity index (χ2v) is 7.12. The van der Waals surface area contributed by atoms with Crippen molar-refractivity contribution in [1.29, 1.82) is 0 Å². The number of methoxy groups -OCH3 is 1. The van der Waals surface area contributed by atoms with Crippen LogP contribution in [0.3, 0.4) is 0 Å². The van der Waals surface area contributed by atoms with Crippen LogP contribution in [0.1, 0.15) is 53.3 Å². The number of hydrogen-bond donors (Lipinski definition) is 1. The first kappa shape index (κ1) is 17.4. The lowest BCUT2D eigenvalue weighted by atomic mass is 9.84. The van der Waals surface area contributed by atoms with Gasteiger partial charge in [-0.05, 0) is 50.0 Å². The predicted molar refractivity (Wildman–Crippen MR) is 90.3 cm³/mol. The van der Waals surface area contributed by atoms with E-state index in [1.807, 2.05) is 6.92 Å². The molecule has 3 rings (SSSR count). The Morgan fingerprint density at radius 3 is 2.52 bits per heavy atom. The molecule has 0 aromatic heterocycles. The third-order valence-corrected chi connectivity index (χ3v) is 5.61. The van der Waals surface area contributed by atoms with Gasteiger partial charge in [0.1, 0.15) is 0 Å². The highest BCUT2D eigenvalue weighted by Gasteiger charge is 2.42. The van der Waals surface area contributed by atoms with Crippen LogP contribution >= 0.6 is 0 Å². The molecule has 2 bridgehead atoms. The monoisotopic (exact) mass is 346 g/mol. The van der Waals surface area contributed by atoms with Crippen molar-refractivity contribution in [2.24, 2.45) is 17.8 Å². The van der Waals surface area contributed by atoms with Crippen LogP contribution in [0.15, 0.2) is 18.2 Å². The number of ether oxygens (including phenoxy) is 1. The van der Waals surface area contributed by atoms with Gasteiger partial charge in [-0.3, -0.25) is 14.9 Å². The van der Waals surface area contributed by atoms with Gasteiger partial charge in [0.15, 0.2) is 0 Å². The van der Waals surface area contributed by atoms with Gasteiger partial charge < -0.3 is 10.1 Å². The van der Waals surface area contributed by atoms with Gasteiger partial charge >= 0.3 is 5.97 Å². The third kappa shape index (κ3) is 3.50. The number of carbonyl (C=O) groups is 2. The molecular formula is C18H22N2O5. The SMILES string of the molecule is COC(=O)c1cc(C(=O)N[C@@H](C)[C@@H]2C[C@H]3CC[C@H]2C3)cc([N+](=O)[O-])c1. The van der Waals surface area contributed by atoms with E-state index in [0.717, 1.165) is 18.4 Å². The van der Waals surface area contributed by atoms with Gasteiger partial charge in [-0.2, -0.15) is 0 Å². The standard InChI is InChI=1S/C18H22N2O5/c1-10(16-6-11-3-4-12(16)5-11)19-17(21)13-7-14(18(22)25-2)9-15(8-13)20(23)24/h7-12,16H,3-6H2,1-2H3,(H,19,21)/t10-,11-,12-,16-/m0/s1. The van der Waals surface area contributed by atoms with Crippen molar-refractivity contribution < 1.29 is 19.2 Å². The van der Waals surface area contributed by atoms with E-state index < -0.39 is 16.8 Å². The molecule has 0 aliphatic heterocycles. The summed E-state index contributed by atoms with van der Waals surface area (Å²) in [6, 6.07) is 3.64. The molecule has 2 fully saturated rings. The number of non-ortho nitro benzene ring substituents is 1. The van der Waals surface area contributed by atoms with Crippen LogP contribution in [-0.4, -0.2) is 30.0 Å². The van der Waals surface area contributed by atoms with Crippen molar-refractivity contribution >= 4 is 17.6 Å². The lowest BCUT2D eigenvalue weighted by molar-refractivity contribution is -0.384. The van der Waals surface area contributed by atoms with Crippen LogP contribution in [0.2, 0.25) is 0 Å². The first-order chi connectivity index (χ1) is 11.9. The van der Waals surface area contributed by atoms with E-state index in [0.29, 0.717) is 11.8 Å². The lowest BCUT2D eigenvalue weighted by Gasteiger charge is -2.28. The maximum Gasteiger partial charge on any atom is 0.338 e. The Morgan fingerprint density at radius 2 is 1.96 bits per heavy atom. The molecule has 25 heavy (non-hydrogen) atoms. The summed E-state index contributed by atoms with van der Waals surface area (Å²) in [4.78, 5) is 34.7. The van der Waals surface area contributed by atoms with E-state index in [1.165, 1.54) is 38.5 Å². The number of esters is 1. The molecule has 1 amide bonds. The van der Waals surface area contributed by atoms with E-state index >= 15 is 0 Å². The number of rotatable bonds is 5. The van der Waals surface area contributed by atoms with Crippen molar-refractivity contribution in [2.75, 3.05) is 7.11 Å². The summed E-state index contributed by atoms with van der Waals surface area (Å²) in [5.41, 5.74) is -0.209. The molecule has 7 nitrogen and oxygen atoms in total. The first-order valence-corrected chi connectivity index (χ1v) is 8.57. The zero-order valence-electron chi connectivity index (χ0n) is 14.4. The molecule has 1 N–H and O–H groups in total. The summed E-state index contributed by atoms with van der Waals surface area (Å²) in [5.74, 6) is 0.790. The Morgan fingerprint density at radius 1 is 1.24 bits per heavy atom. The number of nitro benzene ring substituents is 1. The fourth-order valence-electron chi connectivity index (χ4n) is 4.39. The predicted octanol–water partition coefficient (Wildman–Crippen LogP) is 2.94. The number of fused-ring (bicyclic) bond motifs is 2. The van der Waals surface area contributed by atoms with Crippen molar-refractivity contribution in [3.63, 3.8) is 0 Å². The van der Waals surface area contributed by atoms with Crippen LogP contribution in [0.25, 0.3) is 0 Å². The minimum atomic E-state index is -0.709. The molecule has 2 saturated carbocycles. The fraction of sp³-hybridized carbons (Fsp3) is 0.556. The molecule has 4 atom stereocenters. The van der Waals surface area contributed by atoms with Crippen LogP contribution in [0, 0.1) is 27.9 Å². The van der Waals surface area contributed by atoms with Gasteiger partial charge in [0.05, 0.1) is 17.6 Å². The Bertz CT molecular complexity index is 717. The summed E-state index contributed by atoms with van der Waals surface area (Å²) in [6.45, 7) is 1.99. The number of nitrogens with zero attached hydrogens (tertiary/aromatic N) is 1. The maximum absolute atomic E-state index is 12.6. The number of nitrogens with one attached hydrogen (secondary N) is 1. The Kier molecular flexibility index (Phi) is 4.74. The average molecular weight is 346 g/mol. The zero-order valence-corrected chi connectivity index (χ0v) is 14.4. The van der Waals surface area contributed by atoms with E-state index in [9.17, 15) is 19.7 Å². The molecule has 134 valence electrons. The molecule has 1 aromatic rings. The third-order valence-electron chi connectivity index (χ3n) is 5.61.